The molecule has 0 saturated heterocycles. The molecular weight excluding hydrogens is 652 g/mol. The third kappa shape index (κ3) is 7.16. The monoisotopic (exact) mass is 683 g/mol. The lowest BCUT2D eigenvalue weighted by Gasteiger charge is -2.18. The highest BCUT2D eigenvalue weighted by atomic mass is 32.1. The van der Waals surface area contributed by atoms with Crippen molar-refractivity contribution in [3.05, 3.63) is 141 Å². The quantitative estimate of drug-likeness (QED) is 0.177. The van der Waals surface area contributed by atoms with E-state index in [-0.39, 0.29) is 21.6 Å². The maximum atomic E-state index is 15.0. The van der Waals surface area contributed by atoms with Crippen LogP contribution < -0.4 is 22.0 Å². The van der Waals surface area contributed by atoms with Crippen LogP contribution >= 0.6 is 11.3 Å². The largest absolute Gasteiger partial charge is 0.343 e. The standard InChI is InChI=1S/C35H31F2N7O4S/c1-42(19-16-23-8-3-5-17-38-23)20-26-30-32(45)44(29-11-4-6-18-39-29)35(47)43(21-25-27(36)9-7-10-28(25)37)33(30)49-31(26)22-12-14-24(15-13-22)40-34(46)41-48-2/h3-15,17-18H,16,19-21H2,1-2H3,(H2,40,41,46). The molecule has 14 heteroatoms. The molecule has 0 bridgehead atoms. The molecule has 0 spiro atoms. The van der Waals surface area contributed by atoms with Gasteiger partial charge in [-0.05, 0) is 66.7 Å². The number of halogens is 2. The van der Waals surface area contributed by atoms with Crippen LogP contribution in [0.4, 0.5) is 19.3 Å². The van der Waals surface area contributed by atoms with Crippen molar-refractivity contribution in [3.8, 4) is 16.3 Å². The van der Waals surface area contributed by atoms with E-state index in [0.29, 0.717) is 41.2 Å². The zero-order chi connectivity index (χ0) is 34.5. The minimum atomic E-state index is -0.817. The van der Waals surface area contributed by atoms with E-state index in [1.165, 1.54) is 41.3 Å². The molecule has 0 aliphatic heterocycles. The average molecular weight is 684 g/mol. The van der Waals surface area contributed by atoms with E-state index in [1.807, 2.05) is 30.1 Å². The average Bonchev–Trinajstić information content (AvgIpc) is 3.47. The molecule has 6 aromatic rings. The topological polar surface area (TPSA) is 123 Å². The van der Waals surface area contributed by atoms with Gasteiger partial charge in [0.2, 0.25) is 0 Å². The molecule has 0 atom stereocenters. The second-order valence-electron chi connectivity index (χ2n) is 11.1. The maximum absolute atomic E-state index is 15.0. The number of urea groups is 1. The molecular formula is C35H31F2N7O4S. The number of hydroxylamine groups is 1. The number of likely N-dealkylation sites (N-methyl/N-ethyl adjacent to an activating group) is 1. The Morgan fingerprint density at radius 2 is 1.63 bits per heavy atom. The van der Waals surface area contributed by atoms with Crippen molar-refractivity contribution in [1.82, 2.24) is 29.5 Å². The summed E-state index contributed by atoms with van der Waals surface area (Å²) in [7, 11) is 3.24. The lowest BCUT2D eigenvalue weighted by molar-refractivity contribution is 0.114. The smallest absolute Gasteiger partial charge is 0.306 e. The number of carbonyl (C=O) groups is 1. The molecule has 0 saturated carbocycles. The predicted molar refractivity (Wildman–Crippen MR) is 184 cm³/mol. The van der Waals surface area contributed by atoms with Crippen LogP contribution in [0.1, 0.15) is 16.8 Å². The maximum Gasteiger partial charge on any atom is 0.343 e. The third-order valence-corrected chi connectivity index (χ3v) is 9.14. The fraction of sp³-hybridized carbons (Fsp3) is 0.171. The normalized spacial score (nSPS) is 11.3. The van der Waals surface area contributed by atoms with Crippen molar-refractivity contribution in [3.63, 3.8) is 0 Å². The van der Waals surface area contributed by atoms with Gasteiger partial charge in [0.05, 0.1) is 19.0 Å². The number of rotatable bonds is 11. The number of anilines is 1. The van der Waals surface area contributed by atoms with Crippen molar-refractivity contribution >= 4 is 33.3 Å². The van der Waals surface area contributed by atoms with Gasteiger partial charge in [-0.15, -0.1) is 11.3 Å². The molecule has 2 N–H and O–H groups in total. The Morgan fingerprint density at radius 1 is 0.918 bits per heavy atom. The first kappa shape index (κ1) is 33.3. The molecule has 11 nitrogen and oxygen atoms in total. The molecule has 2 amide bonds. The van der Waals surface area contributed by atoms with Gasteiger partial charge in [0.15, 0.2) is 0 Å². The van der Waals surface area contributed by atoms with Crippen LogP contribution in [0.2, 0.25) is 0 Å². The number of hydrogen-bond donors (Lipinski definition) is 2. The number of hydrogen-bond acceptors (Lipinski definition) is 8. The van der Waals surface area contributed by atoms with Gasteiger partial charge < -0.3 is 10.2 Å². The van der Waals surface area contributed by atoms with E-state index >= 15 is 8.78 Å². The van der Waals surface area contributed by atoms with Gasteiger partial charge in [0.25, 0.3) is 5.56 Å². The number of aromatic nitrogens is 4. The molecule has 0 aliphatic carbocycles. The SMILES string of the molecule is CONC(=O)Nc1ccc(-c2sc3c(c2CN(C)CCc2ccccn2)c(=O)n(-c2ccccn2)c(=O)n3Cc2c(F)cccc2F)cc1. The highest BCUT2D eigenvalue weighted by Crippen LogP contribution is 2.38. The molecule has 0 fully saturated rings. The van der Waals surface area contributed by atoms with Gasteiger partial charge >= 0.3 is 11.7 Å². The molecule has 0 unspecified atom stereocenters. The van der Waals surface area contributed by atoms with Crippen LogP contribution in [0.3, 0.4) is 0 Å². The Bertz CT molecular complexity index is 2200. The zero-order valence-electron chi connectivity index (χ0n) is 26.5. The molecule has 4 aromatic heterocycles. The summed E-state index contributed by atoms with van der Waals surface area (Å²) < 4.78 is 32.2. The van der Waals surface area contributed by atoms with Crippen LogP contribution in [-0.2, 0) is 24.3 Å². The van der Waals surface area contributed by atoms with Crippen molar-refractivity contribution in [2.24, 2.45) is 0 Å². The summed E-state index contributed by atoms with van der Waals surface area (Å²) in [5.74, 6) is -1.56. The Hall–Kier alpha value is -5.57. The van der Waals surface area contributed by atoms with Crippen molar-refractivity contribution in [1.29, 1.82) is 0 Å². The second-order valence-corrected chi connectivity index (χ2v) is 12.1. The van der Waals surface area contributed by atoms with Crippen LogP contribution in [0.25, 0.3) is 26.5 Å². The van der Waals surface area contributed by atoms with Crippen LogP contribution in [0.15, 0.2) is 101 Å². The molecule has 4 heterocycles. The van der Waals surface area contributed by atoms with Crippen molar-refractivity contribution in [2.75, 3.05) is 26.0 Å². The lowest BCUT2D eigenvalue weighted by Crippen LogP contribution is -2.39. The fourth-order valence-electron chi connectivity index (χ4n) is 5.48. The summed E-state index contributed by atoms with van der Waals surface area (Å²) in [6.07, 6.45) is 3.84. The first-order chi connectivity index (χ1) is 23.7. The highest BCUT2D eigenvalue weighted by Gasteiger charge is 2.26. The van der Waals surface area contributed by atoms with Crippen LogP contribution in [0.5, 0.6) is 0 Å². The summed E-state index contributed by atoms with van der Waals surface area (Å²) in [6.45, 7) is 0.426. The number of pyridine rings is 2. The van der Waals surface area contributed by atoms with Gasteiger partial charge in [0, 0.05) is 53.7 Å². The summed E-state index contributed by atoms with van der Waals surface area (Å²) in [6, 6.07) is 20.4. The van der Waals surface area contributed by atoms with Gasteiger partial charge in [-0.25, -0.2) is 33.4 Å². The van der Waals surface area contributed by atoms with Crippen LogP contribution in [0, 0.1) is 11.6 Å². The molecule has 2 aromatic carbocycles. The van der Waals surface area contributed by atoms with Gasteiger partial charge in [0.1, 0.15) is 22.3 Å². The third-order valence-electron chi connectivity index (χ3n) is 7.83. The van der Waals surface area contributed by atoms with E-state index in [1.54, 1.807) is 42.6 Å². The first-order valence-corrected chi connectivity index (χ1v) is 16.0. The Balaban J connectivity index is 1.55. The minimum absolute atomic E-state index is 0.0779. The van der Waals surface area contributed by atoms with Gasteiger partial charge in [-0.1, -0.05) is 30.3 Å². The Kier molecular flexibility index (Phi) is 9.99. The summed E-state index contributed by atoms with van der Waals surface area (Å²) in [5.41, 5.74) is 3.20. The zero-order valence-corrected chi connectivity index (χ0v) is 27.3. The van der Waals surface area contributed by atoms with Crippen molar-refractivity contribution in [2.45, 2.75) is 19.5 Å². The molecule has 49 heavy (non-hydrogen) atoms. The number of nitrogens with one attached hydrogen (secondary N) is 2. The molecule has 0 aliphatic rings. The van der Waals surface area contributed by atoms with E-state index in [0.717, 1.165) is 22.4 Å². The summed E-state index contributed by atoms with van der Waals surface area (Å²) in [5, 5.41) is 2.88. The minimum Gasteiger partial charge on any atom is -0.306 e. The van der Waals surface area contributed by atoms with Crippen LogP contribution in [-0.4, -0.2) is 50.7 Å². The molecule has 0 radical (unpaired) electrons. The predicted octanol–water partition coefficient (Wildman–Crippen LogP) is 5.35. The summed E-state index contributed by atoms with van der Waals surface area (Å²) >= 11 is 1.18. The Morgan fingerprint density at radius 3 is 2.29 bits per heavy atom. The molecule has 250 valence electrons. The first-order valence-electron chi connectivity index (χ1n) is 15.2. The van der Waals surface area contributed by atoms with Gasteiger partial charge in [-0.3, -0.25) is 19.2 Å². The van der Waals surface area contributed by atoms with E-state index in [4.69, 9.17) is 0 Å². The lowest BCUT2D eigenvalue weighted by atomic mass is 10.1. The second kappa shape index (κ2) is 14.7. The van der Waals surface area contributed by atoms with E-state index in [2.05, 4.69) is 25.6 Å². The number of amides is 2. The molecule has 6 rings (SSSR count). The fourth-order valence-corrected chi connectivity index (χ4v) is 6.78. The number of benzene rings is 2. The number of nitrogens with zero attached hydrogens (tertiary/aromatic N) is 5. The number of fused-ring (bicyclic) bond motifs is 1. The highest BCUT2D eigenvalue weighted by molar-refractivity contribution is 7.22. The van der Waals surface area contributed by atoms with Gasteiger partial charge in [-0.2, -0.15) is 0 Å². The number of thiophene rings is 1. The van der Waals surface area contributed by atoms with E-state index < -0.39 is 35.5 Å². The van der Waals surface area contributed by atoms with E-state index in [9.17, 15) is 14.4 Å². The number of carbonyl (C=O) groups excluding carboxylic acids is 1. The van der Waals surface area contributed by atoms with Crippen molar-refractivity contribution < 1.29 is 18.4 Å². The summed E-state index contributed by atoms with van der Waals surface area (Å²) in [4.78, 5) is 56.9. The Labute approximate surface area is 283 Å².